The molecule has 0 radical (unpaired) electrons. The van der Waals surface area contributed by atoms with Crippen molar-refractivity contribution in [1.82, 2.24) is 10.2 Å². The first-order valence-electron chi connectivity index (χ1n) is 7.06. The van der Waals surface area contributed by atoms with Crippen LogP contribution in [0.4, 0.5) is 0 Å². The van der Waals surface area contributed by atoms with Gasteiger partial charge >= 0.3 is 0 Å². The zero-order chi connectivity index (χ0) is 12.1. The van der Waals surface area contributed by atoms with Gasteiger partial charge in [0.1, 0.15) is 6.04 Å². The van der Waals surface area contributed by atoms with Crippen molar-refractivity contribution in [3.05, 3.63) is 0 Å². The lowest BCUT2D eigenvalue weighted by atomic mass is 10.0. The SMILES string of the molecule is NCC1C(=O)NCCCN1C1CCCCCC1. The van der Waals surface area contributed by atoms with Crippen LogP contribution < -0.4 is 11.1 Å². The van der Waals surface area contributed by atoms with Crippen molar-refractivity contribution >= 4 is 5.91 Å². The second-order valence-corrected chi connectivity index (χ2v) is 5.28. The van der Waals surface area contributed by atoms with Crippen LogP contribution in [0.3, 0.4) is 0 Å². The summed E-state index contributed by atoms with van der Waals surface area (Å²) in [5.41, 5.74) is 5.80. The van der Waals surface area contributed by atoms with Crippen molar-refractivity contribution in [1.29, 1.82) is 0 Å². The van der Waals surface area contributed by atoms with E-state index in [1.165, 1.54) is 38.5 Å². The molecule has 0 bridgehead atoms. The summed E-state index contributed by atoms with van der Waals surface area (Å²) in [6.45, 7) is 2.27. The Hall–Kier alpha value is -0.610. The normalized spacial score (nSPS) is 29.5. The Kier molecular flexibility index (Phi) is 4.80. The largest absolute Gasteiger partial charge is 0.355 e. The van der Waals surface area contributed by atoms with Crippen LogP contribution in [0.1, 0.15) is 44.9 Å². The van der Waals surface area contributed by atoms with Gasteiger partial charge < -0.3 is 11.1 Å². The molecule has 2 aliphatic rings. The summed E-state index contributed by atoms with van der Waals surface area (Å²) in [4.78, 5) is 14.3. The highest BCUT2D eigenvalue weighted by atomic mass is 16.2. The number of hydrogen-bond donors (Lipinski definition) is 2. The molecule has 1 saturated carbocycles. The van der Waals surface area contributed by atoms with Crippen LogP contribution in [-0.2, 0) is 4.79 Å². The van der Waals surface area contributed by atoms with Crippen LogP contribution in [-0.4, -0.2) is 42.5 Å². The third-order valence-electron chi connectivity index (χ3n) is 4.11. The molecular formula is C13H25N3O. The molecule has 1 heterocycles. The second-order valence-electron chi connectivity index (χ2n) is 5.28. The topological polar surface area (TPSA) is 58.4 Å². The molecule has 1 amide bonds. The minimum Gasteiger partial charge on any atom is -0.355 e. The van der Waals surface area contributed by atoms with Gasteiger partial charge in [0.2, 0.25) is 5.91 Å². The summed E-state index contributed by atoms with van der Waals surface area (Å²) in [6.07, 6.45) is 8.85. The number of nitrogens with one attached hydrogen (secondary N) is 1. The lowest BCUT2D eigenvalue weighted by molar-refractivity contribution is -0.126. The van der Waals surface area contributed by atoms with E-state index in [2.05, 4.69) is 10.2 Å². The second kappa shape index (κ2) is 6.36. The van der Waals surface area contributed by atoms with Gasteiger partial charge in [-0.2, -0.15) is 0 Å². The van der Waals surface area contributed by atoms with Crippen molar-refractivity contribution < 1.29 is 4.79 Å². The maximum atomic E-state index is 12.0. The summed E-state index contributed by atoms with van der Waals surface area (Å²) in [7, 11) is 0. The van der Waals surface area contributed by atoms with Gasteiger partial charge in [-0.25, -0.2) is 0 Å². The van der Waals surface area contributed by atoms with Gasteiger partial charge in [0.15, 0.2) is 0 Å². The van der Waals surface area contributed by atoms with Gasteiger partial charge in [-0.15, -0.1) is 0 Å². The number of hydrogen-bond acceptors (Lipinski definition) is 3. The van der Waals surface area contributed by atoms with Crippen molar-refractivity contribution in [2.24, 2.45) is 5.73 Å². The first-order valence-corrected chi connectivity index (χ1v) is 7.06. The van der Waals surface area contributed by atoms with Gasteiger partial charge in [-0.1, -0.05) is 25.7 Å². The van der Waals surface area contributed by atoms with Gasteiger partial charge in [0.05, 0.1) is 0 Å². The number of nitrogens with two attached hydrogens (primary N) is 1. The summed E-state index contributed by atoms with van der Waals surface area (Å²) >= 11 is 0. The maximum absolute atomic E-state index is 12.0. The minimum absolute atomic E-state index is 0.0967. The molecule has 17 heavy (non-hydrogen) atoms. The van der Waals surface area contributed by atoms with Crippen molar-refractivity contribution in [3.8, 4) is 0 Å². The van der Waals surface area contributed by atoms with Gasteiger partial charge in [0.25, 0.3) is 0 Å². The van der Waals surface area contributed by atoms with E-state index in [9.17, 15) is 4.79 Å². The van der Waals surface area contributed by atoms with Crippen LogP contribution in [0.5, 0.6) is 0 Å². The average Bonchev–Trinajstić information content (AvgIpc) is 2.69. The molecule has 1 saturated heterocycles. The van der Waals surface area contributed by atoms with Crippen LogP contribution in [0.25, 0.3) is 0 Å². The van der Waals surface area contributed by atoms with E-state index in [1.807, 2.05) is 0 Å². The fraction of sp³-hybridized carbons (Fsp3) is 0.923. The average molecular weight is 239 g/mol. The number of carbonyl (C=O) groups is 1. The molecular weight excluding hydrogens is 214 g/mol. The van der Waals surface area contributed by atoms with E-state index in [-0.39, 0.29) is 11.9 Å². The molecule has 2 fully saturated rings. The van der Waals surface area contributed by atoms with Crippen LogP contribution in [0.15, 0.2) is 0 Å². The van der Waals surface area contributed by atoms with Crippen LogP contribution >= 0.6 is 0 Å². The van der Waals surface area contributed by atoms with Gasteiger partial charge in [-0.3, -0.25) is 9.69 Å². The van der Waals surface area contributed by atoms with E-state index in [4.69, 9.17) is 5.73 Å². The molecule has 0 aromatic carbocycles. The Morgan fingerprint density at radius 3 is 2.53 bits per heavy atom. The molecule has 2 rings (SSSR count). The van der Waals surface area contributed by atoms with Gasteiger partial charge in [-0.05, 0) is 19.3 Å². The Bertz CT molecular complexity index is 249. The summed E-state index contributed by atoms with van der Waals surface area (Å²) < 4.78 is 0. The molecule has 0 aromatic heterocycles. The first kappa shape index (κ1) is 12.8. The molecule has 98 valence electrons. The van der Waals surface area contributed by atoms with Crippen LogP contribution in [0, 0.1) is 0 Å². The van der Waals surface area contributed by atoms with E-state index >= 15 is 0 Å². The Morgan fingerprint density at radius 2 is 1.88 bits per heavy atom. The molecule has 0 spiro atoms. The zero-order valence-electron chi connectivity index (χ0n) is 10.7. The van der Waals surface area contributed by atoms with Crippen LogP contribution in [0.2, 0.25) is 0 Å². The summed E-state index contributed by atoms with van der Waals surface area (Å²) in [5.74, 6) is 0.134. The fourth-order valence-corrected chi connectivity index (χ4v) is 3.17. The Labute approximate surface area is 104 Å². The summed E-state index contributed by atoms with van der Waals surface area (Å²) in [6, 6.07) is 0.482. The first-order chi connectivity index (χ1) is 8.33. The van der Waals surface area contributed by atoms with E-state index in [0.29, 0.717) is 12.6 Å². The molecule has 1 unspecified atom stereocenters. The van der Waals surface area contributed by atoms with E-state index in [1.54, 1.807) is 0 Å². The van der Waals surface area contributed by atoms with E-state index < -0.39 is 0 Å². The van der Waals surface area contributed by atoms with Crippen molar-refractivity contribution in [3.63, 3.8) is 0 Å². The molecule has 1 aliphatic heterocycles. The predicted molar refractivity (Wildman–Crippen MR) is 68.7 cm³/mol. The highest BCUT2D eigenvalue weighted by Crippen LogP contribution is 2.24. The highest BCUT2D eigenvalue weighted by molar-refractivity contribution is 5.82. The number of carbonyl (C=O) groups excluding carboxylic acids is 1. The minimum atomic E-state index is -0.0967. The lowest BCUT2D eigenvalue weighted by Crippen LogP contribution is -2.52. The predicted octanol–water partition coefficient (Wildman–Crippen LogP) is 0.858. The van der Waals surface area contributed by atoms with Crippen molar-refractivity contribution in [2.45, 2.75) is 57.0 Å². The fourth-order valence-electron chi connectivity index (χ4n) is 3.17. The third-order valence-corrected chi connectivity index (χ3v) is 4.11. The molecule has 1 aliphatic carbocycles. The molecule has 0 aromatic rings. The quantitative estimate of drug-likeness (QED) is 0.703. The monoisotopic (exact) mass is 239 g/mol. The van der Waals surface area contributed by atoms with Gasteiger partial charge in [0, 0.05) is 25.7 Å². The number of amides is 1. The molecule has 4 heteroatoms. The number of rotatable bonds is 2. The number of nitrogens with zero attached hydrogens (tertiary/aromatic N) is 1. The standard InChI is InChI=1S/C13H25N3O/c14-10-12-13(17)15-8-5-9-16(12)11-6-3-1-2-4-7-11/h11-12H,1-10,14H2,(H,15,17). The lowest BCUT2D eigenvalue weighted by Gasteiger charge is -2.34. The summed E-state index contributed by atoms with van der Waals surface area (Å²) in [5, 5.41) is 2.97. The Morgan fingerprint density at radius 1 is 1.18 bits per heavy atom. The zero-order valence-corrected chi connectivity index (χ0v) is 10.7. The highest BCUT2D eigenvalue weighted by Gasteiger charge is 2.31. The molecule has 4 nitrogen and oxygen atoms in total. The molecule has 1 atom stereocenters. The molecule has 3 N–H and O–H groups in total. The Balaban J connectivity index is 2.05. The smallest absolute Gasteiger partial charge is 0.238 e. The maximum Gasteiger partial charge on any atom is 0.238 e. The van der Waals surface area contributed by atoms with E-state index in [0.717, 1.165) is 19.5 Å². The third kappa shape index (κ3) is 3.19. The van der Waals surface area contributed by atoms with Crippen molar-refractivity contribution in [2.75, 3.05) is 19.6 Å².